The second kappa shape index (κ2) is 8.70. The molecule has 1 aromatic rings. The molecule has 18 heavy (non-hydrogen) atoms. The monoisotopic (exact) mass is 270 g/mol. The summed E-state index contributed by atoms with van der Waals surface area (Å²) in [5.74, 6) is 0.333. The molecule has 0 N–H and O–H groups in total. The lowest BCUT2D eigenvalue weighted by Gasteiger charge is -2.06. The van der Waals surface area contributed by atoms with Gasteiger partial charge in [-0.05, 0) is 12.5 Å². The summed E-state index contributed by atoms with van der Waals surface area (Å²) in [5, 5.41) is 8.99. The van der Waals surface area contributed by atoms with Crippen molar-refractivity contribution in [3.8, 4) is 11.9 Å². The molecule has 0 aromatic carbocycles. The Hall–Kier alpha value is -1.35. The average Bonchev–Trinajstić information content (AvgIpc) is 2.37. The zero-order chi connectivity index (χ0) is 13.2. The Morgan fingerprint density at radius 3 is 2.83 bits per heavy atom. The van der Waals surface area contributed by atoms with E-state index in [1.165, 1.54) is 12.1 Å². The van der Waals surface area contributed by atoms with Gasteiger partial charge in [0.1, 0.15) is 11.8 Å². The van der Waals surface area contributed by atoms with E-state index in [2.05, 4.69) is 4.98 Å². The minimum atomic E-state index is 0.241. The van der Waals surface area contributed by atoms with Crippen LogP contribution in [0.3, 0.4) is 0 Å². The highest BCUT2D eigenvalue weighted by molar-refractivity contribution is 6.29. The van der Waals surface area contributed by atoms with Crippen LogP contribution in [0.5, 0.6) is 5.88 Å². The van der Waals surface area contributed by atoms with Gasteiger partial charge in [0, 0.05) is 26.4 Å². The van der Waals surface area contributed by atoms with Crippen LogP contribution in [-0.2, 0) is 9.47 Å². The molecular weight excluding hydrogens is 256 g/mol. The van der Waals surface area contributed by atoms with Crippen molar-refractivity contribution in [1.82, 2.24) is 4.98 Å². The molecule has 1 aromatic heterocycles. The molecule has 0 radical (unpaired) electrons. The Labute approximate surface area is 111 Å². The standard InChI is InChI=1S/C12H15ClN2O3/c1-16-3-2-4-17-5-6-18-12-8-10(9-14)7-11(13)15-12/h7-8H,2-6H2,1H3. The van der Waals surface area contributed by atoms with Crippen LogP contribution in [0.2, 0.25) is 5.15 Å². The fraction of sp³-hybridized carbons (Fsp3) is 0.500. The number of rotatable bonds is 8. The van der Waals surface area contributed by atoms with Crippen molar-refractivity contribution >= 4 is 11.6 Å². The fourth-order valence-electron chi connectivity index (χ4n) is 1.22. The maximum absolute atomic E-state index is 8.75. The van der Waals surface area contributed by atoms with Crippen molar-refractivity contribution in [2.24, 2.45) is 0 Å². The first kappa shape index (κ1) is 14.7. The number of nitrogens with zero attached hydrogens (tertiary/aromatic N) is 2. The molecule has 0 amide bonds. The molecule has 0 saturated carbocycles. The molecular formula is C12H15ClN2O3. The van der Waals surface area contributed by atoms with Gasteiger partial charge >= 0.3 is 0 Å². The molecule has 1 heterocycles. The highest BCUT2D eigenvalue weighted by Crippen LogP contribution is 2.15. The van der Waals surface area contributed by atoms with Gasteiger partial charge in [0.2, 0.25) is 5.88 Å². The van der Waals surface area contributed by atoms with Gasteiger partial charge in [0.15, 0.2) is 0 Å². The molecule has 0 unspecified atom stereocenters. The van der Waals surface area contributed by atoms with E-state index in [-0.39, 0.29) is 5.15 Å². The lowest BCUT2D eigenvalue weighted by Crippen LogP contribution is -2.09. The molecule has 0 aliphatic heterocycles. The van der Waals surface area contributed by atoms with Crippen LogP contribution >= 0.6 is 11.6 Å². The van der Waals surface area contributed by atoms with Crippen LogP contribution in [0, 0.1) is 11.3 Å². The average molecular weight is 271 g/mol. The smallest absolute Gasteiger partial charge is 0.216 e. The molecule has 0 atom stereocenters. The molecule has 1 rings (SSSR count). The third-order valence-electron chi connectivity index (χ3n) is 2.01. The number of aromatic nitrogens is 1. The summed E-state index contributed by atoms with van der Waals surface area (Å²) in [6.07, 6.45) is 0.852. The van der Waals surface area contributed by atoms with Crippen molar-refractivity contribution < 1.29 is 14.2 Å². The van der Waals surface area contributed by atoms with E-state index in [4.69, 9.17) is 31.1 Å². The molecule has 0 aliphatic carbocycles. The van der Waals surface area contributed by atoms with Crippen LogP contribution < -0.4 is 4.74 Å². The number of nitriles is 1. The molecule has 5 nitrogen and oxygen atoms in total. The molecule has 0 spiro atoms. The lowest BCUT2D eigenvalue weighted by atomic mass is 10.3. The SMILES string of the molecule is COCCCOCCOc1cc(C#N)cc(Cl)n1. The third kappa shape index (κ3) is 5.82. The topological polar surface area (TPSA) is 64.4 Å². The Balaban J connectivity index is 2.23. The van der Waals surface area contributed by atoms with Gasteiger partial charge < -0.3 is 14.2 Å². The van der Waals surface area contributed by atoms with Gasteiger partial charge in [-0.2, -0.15) is 5.26 Å². The first-order valence-electron chi connectivity index (χ1n) is 5.53. The number of halogens is 1. The maximum Gasteiger partial charge on any atom is 0.216 e. The van der Waals surface area contributed by atoms with Crippen molar-refractivity contribution in [3.63, 3.8) is 0 Å². The van der Waals surface area contributed by atoms with Crippen LogP contribution in [0.1, 0.15) is 12.0 Å². The van der Waals surface area contributed by atoms with Gasteiger partial charge in [-0.15, -0.1) is 0 Å². The van der Waals surface area contributed by atoms with E-state index in [0.29, 0.717) is 37.9 Å². The number of hydrogen-bond donors (Lipinski definition) is 0. The first-order chi connectivity index (χ1) is 8.76. The summed E-state index contributed by atoms with van der Waals surface area (Å²) in [6.45, 7) is 2.14. The van der Waals surface area contributed by atoms with Crippen LogP contribution in [-0.4, -0.2) is 38.5 Å². The number of methoxy groups -OCH3 is 1. The summed E-state index contributed by atoms with van der Waals surface area (Å²) in [4.78, 5) is 3.95. The molecule has 0 fully saturated rings. The summed E-state index contributed by atoms with van der Waals surface area (Å²) in [5.41, 5.74) is 0.422. The quantitative estimate of drug-likeness (QED) is 0.534. The van der Waals surface area contributed by atoms with Crippen LogP contribution in [0.15, 0.2) is 12.1 Å². The second-order valence-corrected chi connectivity index (χ2v) is 3.82. The maximum atomic E-state index is 8.75. The predicted molar refractivity (Wildman–Crippen MR) is 66.8 cm³/mol. The van der Waals surface area contributed by atoms with Gasteiger partial charge in [0.05, 0.1) is 18.2 Å². The summed E-state index contributed by atoms with van der Waals surface area (Å²) >= 11 is 5.74. The Kier molecular flexibility index (Phi) is 7.11. The van der Waals surface area contributed by atoms with E-state index >= 15 is 0 Å². The predicted octanol–water partition coefficient (Wildman–Crippen LogP) is 2.04. The molecule has 6 heteroatoms. The molecule has 98 valence electrons. The third-order valence-corrected chi connectivity index (χ3v) is 2.21. The molecule has 0 saturated heterocycles. The fourth-order valence-corrected chi connectivity index (χ4v) is 1.42. The molecule has 0 bridgehead atoms. The van der Waals surface area contributed by atoms with Gasteiger partial charge in [-0.1, -0.05) is 11.6 Å². The van der Waals surface area contributed by atoms with E-state index in [0.717, 1.165) is 6.42 Å². The van der Waals surface area contributed by atoms with Crippen molar-refractivity contribution in [1.29, 1.82) is 5.26 Å². The van der Waals surface area contributed by atoms with Crippen molar-refractivity contribution in [2.45, 2.75) is 6.42 Å². The lowest BCUT2D eigenvalue weighted by molar-refractivity contribution is 0.0795. The van der Waals surface area contributed by atoms with Crippen LogP contribution in [0.25, 0.3) is 0 Å². The van der Waals surface area contributed by atoms with E-state index in [1.54, 1.807) is 7.11 Å². The van der Waals surface area contributed by atoms with Crippen molar-refractivity contribution in [3.05, 3.63) is 22.8 Å². The van der Waals surface area contributed by atoms with E-state index < -0.39 is 0 Å². The first-order valence-corrected chi connectivity index (χ1v) is 5.91. The van der Waals surface area contributed by atoms with Crippen molar-refractivity contribution in [2.75, 3.05) is 33.5 Å². The Bertz CT molecular complexity index is 407. The minimum Gasteiger partial charge on any atom is -0.475 e. The van der Waals surface area contributed by atoms with E-state index in [9.17, 15) is 0 Å². The molecule has 0 aliphatic rings. The summed E-state index contributed by atoms with van der Waals surface area (Å²) in [6, 6.07) is 5.00. The summed E-state index contributed by atoms with van der Waals surface area (Å²) in [7, 11) is 1.65. The van der Waals surface area contributed by atoms with Gasteiger partial charge in [-0.3, -0.25) is 0 Å². The largest absolute Gasteiger partial charge is 0.475 e. The second-order valence-electron chi connectivity index (χ2n) is 3.44. The van der Waals surface area contributed by atoms with Gasteiger partial charge in [0.25, 0.3) is 0 Å². The zero-order valence-electron chi connectivity index (χ0n) is 10.2. The van der Waals surface area contributed by atoms with E-state index in [1.807, 2.05) is 6.07 Å². The Morgan fingerprint density at radius 1 is 1.28 bits per heavy atom. The minimum absolute atomic E-state index is 0.241. The van der Waals surface area contributed by atoms with Crippen LogP contribution in [0.4, 0.5) is 0 Å². The zero-order valence-corrected chi connectivity index (χ0v) is 10.9. The highest BCUT2D eigenvalue weighted by atomic mass is 35.5. The number of pyridine rings is 1. The summed E-state index contributed by atoms with van der Waals surface area (Å²) < 4.78 is 15.5. The Morgan fingerprint density at radius 2 is 2.11 bits per heavy atom. The van der Waals surface area contributed by atoms with Gasteiger partial charge in [-0.25, -0.2) is 4.98 Å². The normalized spacial score (nSPS) is 10.1. The highest BCUT2D eigenvalue weighted by Gasteiger charge is 2.01. The number of ether oxygens (including phenoxy) is 3. The number of hydrogen-bond acceptors (Lipinski definition) is 5.